The van der Waals surface area contributed by atoms with Crippen LogP contribution in [0.1, 0.15) is 23.2 Å². The van der Waals surface area contributed by atoms with E-state index in [1.54, 1.807) is 30.3 Å². The normalized spacial score (nSPS) is 16.1. The number of guanidine groups is 1. The third-order valence-corrected chi connectivity index (χ3v) is 7.72. The van der Waals surface area contributed by atoms with Gasteiger partial charge in [0.1, 0.15) is 12.1 Å². The molecule has 0 aromatic heterocycles. The minimum absolute atomic E-state index is 0.0265. The van der Waals surface area contributed by atoms with E-state index in [0.29, 0.717) is 12.1 Å². The zero-order valence-electron chi connectivity index (χ0n) is 20.8. The molecular weight excluding hydrogens is 530 g/mol. The van der Waals surface area contributed by atoms with Crippen LogP contribution in [0.4, 0.5) is 5.69 Å². The van der Waals surface area contributed by atoms with Crippen molar-refractivity contribution in [2.45, 2.75) is 29.8 Å². The second-order valence-electron chi connectivity index (χ2n) is 8.63. The number of rotatable bonds is 11. The molecule has 1 aliphatic rings. The number of nitrogens with one attached hydrogen (secondary N) is 4. The molecule has 3 rings (SSSR count). The van der Waals surface area contributed by atoms with Crippen LogP contribution in [0.2, 0.25) is 0 Å². The lowest BCUT2D eigenvalue weighted by atomic mass is 10.2. The van der Waals surface area contributed by atoms with Crippen LogP contribution in [0.25, 0.3) is 0 Å². The molecule has 2 atom stereocenters. The number of sulfonamides is 1. The number of carbonyl (C=O) groups excluding carboxylic acids is 3. The van der Waals surface area contributed by atoms with E-state index in [0.717, 1.165) is 4.31 Å². The van der Waals surface area contributed by atoms with Crippen LogP contribution < -0.4 is 32.4 Å². The van der Waals surface area contributed by atoms with Crippen molar-refractivity contribution in [2.75, 3.05) is 19.6 Å². The van der Waals surface area contributed by atoms with E-state index in [4.69, 9.17) is 11.5 Å². The van der Waals surface area contributed by atoms with E-state index in [1.165, 1.54) is 24.3 Å². The molecule has 0 spiro atoms. The average Bonchev–Trinajstić information content (AvgIpc) is 3.41. The van der Waals surface area contributed by atoms with Crippen molar-refractivity contribution in [1.82, 2.24) is 20.3 Å². The van der Waals surface area contributed by atoms with Gasteiger partial charge in [0, 0.05) is 18.7 Å². The van der Waals surface area contributed by atoms with Crippen LogP contribution in [-0.2, 0) is 24.4 Å². The van der Waals surface area contributed by atoms with Crippen LogP contribution in [0.15, 0.2) is 59.5 Å². The molecule has 39 heavy (non-hydrogen) atoms. The molecular formula is C24H30N7O7S+. The fraction of sp³-hybridized carbons (Fsp3) is 0.292. The number of carbonyl (C=O) groups is 4. The summed E-state index contributed by atoms with van der Waals surface area (Å²) in [5, 5.41) is 16.6. The molecule has 1 aliphatic heterocycles. The zero-order chi connectivity index (χ0) is 28.6. The van der Waals surface area contributed by atoms with Crippen molar-refractivity contribution in [3.8, 4) is 0 Å². The molecule has 0 bridgehead atoms. The van der Waals surface area contributed by atoms with Crippen LogP contribution in [0, 0.1) is 0 Å². The average molecular weight is 561 g/mol. The van der Waals surface area contributed by atoms with Gasteiger partial charge in [0.25, 0.3) is 5.91 Å². The fourth-order valence-corrected chi connectivity index (χ4v) is 5.61. The maximum absolute atomic E-state index is 13.0. The Morgan fingerprint density at radius 1 is 1.05 bits per heavy atom. The maximum atomic E-state index is 13.0. The van der Waals surface area contributed by atoms with Crippen molar-refractivity contribution in [3.05, 3.63) is 60.2 Å². The number of benzene rings is 2. The molecule has 1 saturated heterocycles. The number of nitrogens with two attached hydrogens (primary N) is 2. The van der Waals surface area contributed by atoms with Crippen LogP contribution in [-0.4, -0.2) is 79.2 Å². The molecule has 0 aliphatic carbocycles. The molecule has 0 saturated carbocycles. The van der Waals surface area contributed by atoms with E-state index in [1.807, 2.05) is 0 Å². The Morgan fingerprint density at radius 2 is 1.77 bits per heavy atom. The van der Waals surface area contributed by atoms with Gasteiger partial charge in [0.05, 0.1) is 17.1 Å². The first-order valence-corrected chi connectivity index (χ1v) is 13.3. The predicted molar refractivity (Wildman–Crippen MR) is 139 cm³/mol. The van der Waals surface area contributed by atoms with Crippen LogP contribution in [0.3, 0.4) is 0 Å². The van der Waals surface area contributed by atoms with Gasteiger partial charge in [-0.3, -0.25) is 25.9 Å². The molecule has 2 aromatic carbocycles. The minimum Gasteiger partial charge on any atom is -0.480 e. The Bertz CT molecular complexity index is 1360. The number of hydrogen-bond acceptors (Lipinski definition) is 6. The highest BCUT2D eigenvalue weighted by Crippen LogP contribution is 2.26. The summed E-state index contributed by atoms with van der Waals surface area (Å²) in [6, 6.07) is 11.2. The number of carboxylic acids is 1. The number of nitrogens with zero attached hydrogens (tertiary/aromatic N) is 1. The summed E-state index contributed by atoms with van der Waals surface area (Å²) in [6.45, 7) is -0.840. The van der Waals surface area contributed by atoms with E-state index in [9.17, 15) is 32.7 Å². The SMILES string of the molecule is NC(N)=[NH+]c1cccc(C(=O)NCC(=O)NCC(NC(=O)C2CCCN2S(=O)(=O)c2ccccc2)C(=O)O)c1. The summed E-state index contributed by atoms with van der Waals surface area (Å²) < 4.78 is 27.1. The van der Waals surface area contributed by atoms with E-state index >= 15 is 0 Å². The lowest BCUT2D eigenvalue weighted by molar-refractivity contribution is -0.356. The number of carboxylic acid groups (broad SMARTS) is 1. The molecule has 9 N–H and O–H groups in total. The molecule has 208 valence electrons. The first-order chi connectivity index (χ1) is 18.5. The second kappa shape index (κ2) is 12.8. The molecule has 1 heterocycles. The van der Waals surface area contributed by atoms with Crippen molar-refractivity contribution in [2.24, 2.45) is 11.5 Å². The summed E-state index contributed by atoms with van der Waals surface area (Å²) in [6.07, 6.45) is 0.643. The van der Waals surface area contributed by atoms with Gasteiger partial charge in [0.15, 0.2) is 0 Å². The van der Waals surface area contributed by atoms with Crippen molar-refractivity contribution in [3.63, 3.8) is 0 Å². The third-order valence-electron chi connectivity index (χ3n) is 5.80. The molecule has 2 unspecified atom stereocenters. The second-order valence-corrected chi connectivity index (χ2v) is 10.5. The Hall–Kier alpha value is -4.50. The molecule has 1 fully saturated rings. The monoisotopic (exact) mass is 560 g/mol. The standard InChI is InChI=1S/C24H29N7O7S/c25-24(26)29-16-7-4-6-15(12-16)21(33)28-14-20(32)27-13-18(23(35)36)30-22(34)19-10-5-11-31(19)39(37,38)17-8-2-1-3-9-17/h1-4,6-9,12,18-19H,5,10-11,13-14H2,(H,27,32)(H,28,33)(H,30,34)(H,35,36)(H4,25,26,29)/p+1. The third kappa shape index (κ3) is 7.75. The highest BCUT2D eigenvalue weighted by atomic mass is 32.2. The predicted octanol–water partition coefficient (Wildman–Crippen LogP) is -3.06. The summed E-state index contributed by atoms with van der Waals surface area (Å²) in [5.41, 5.74) is 11.4. The van der Waals surface area contributed by atoms with E-state index in [2.05, 4.69) is 20.9 Å². The molecule has 0 radical (unpaired) electrons. The topological polar surface area (TPSA) is 228 Å². The summed E-state index contributed by atoms with van der Waals surface area (Å²) in [7, 11) is -3.96. The highest BCUT2D eigenvalue weighted by molar-refractivity contribution is 7.89. The van der Waals surface area contributed by atoms with Gasteiger partial charge >= 0.3 is 11.9 Å². The first-order valence-electron chi connectivity index (χ1n) is 11.9. The van der Waals surface area contributed by atoms with E-state index < -0.39 is 58.9 Å². The van der Waals surface area contributed by atoms with Gasteiger partial charge in [-0.2, -0.15) is 4.31 Å². The number of amides is 3. The lowest BCUT2D eigenvalue weighted by Gasteiger charge is -2.25. The summed E-state index contributed by atoms with van der Waals surface area (Å²) in [5.74, 6) is -3.56. The van der Waals surface area contributed by atoms with Crippen LogP contribution in [0.5, 0.6) is 0 Å². The van der Waals surface area contributed by atoms with Gasteiger partial charge in [-0.25, -0.2) is 18.2 Å². The Labute approximate surface area is 224 Å². The summed E-state index contributed by atoms with van der Waals surface area (Å²) >= 11 is 0. The largest absolute Gasteiger partial charge is 0.480 e. The Balaban J connectivity index is 1.55. The van der Waals surface area contributed by atoms with Gasteiger partial charge in [-0.1, -0.05) is 24.3 Å². The fourth-order valence-electron chi connectivity index (χ4n) is 3.93. The van der Waals surface area contributed by atoms with E-state index in [-0.39, 0.29) is 29.4 Å². The van der Waals surface area contributed by atoms with Gasteiger partial charge < -0.3 is 21.1 Å². The summed E-state index contributed by atoms with van der Waals surface area (Å²) in [4.78, 5) is 51.9. The van der Waals surface area contributed by atoms with Crippen molar-refractivity contribution >= 4 is 45.4 Å². The van der Waals surface area contributed by atoms with Gasteiger partial charge in [0.2, 0.25) is 21.8 Å². The van der Waals surface area contributed by atoms with Crippen LogP contribution >= 0.6 is 0 Å². The Kier molecular flexibility index (Phi) is 9.57. The maximum Gasteiger partial charge on any atom is 0.343 e. The van der Waals surface area contributed by atoms with Gasteiger partial charge in [-0.15, -0.1) is 0 Å². The Morgan fingerprint density at radius 3 is 2.44 bits per heavy atom. The minimum atomic E-state index is -3.96. The van der Waals surface area contributed by atoms with Crippen molar-refractivity contribution < 1.29 is 37.7 Å². The smallest absolute Gasteiger partial charge is 0.343 e. The van der Waals surface area contributed by atoms with Gasteiger partial charge in [-0.05, 0) is 43.2 Å². The zero-order valence-corrected chi connectivity index (χ0v) is 21.6. The lowest BCUT2D eigenvalue weighted by Crippen LogP contribution is -2.72. The van der Waals surface area contributed by atoms with Crippen molar-refractivity contribution in [1.29, 1.82) is 0 Å². The molecule has 2 aromatic rings. The number of aliphatic carboxylic acids is 1. The first kappa shape index (κ1) is 29.1. The molecule has 3 amide bonds. The number of hydrogen-bond donors (Lipinski definition) is 7. The highest BCUT2D eigenvalue weighted by Gasteiger charge is 2.40. The molecule has 14 nitrogen and oxygen atoms in total. The molecule has 15 heteroatoms. The quantitative estimate of drug-likeness (QED) is 0.109.